The first-order valence-corrected chi connectivity index (χ1v) is 24.1. The molecule has 0 N–H and O–H groups in total. The lowest BCUT2D eigenvalue weighted by atomic mass is 10.1. The number of aryl methyl sites for hydroxylation is 4. The fraction of sp³-hybridized carbons (Fsp3) is 0.121. The first-order chi connectivity index (χ1) is 33.9. The standard InChI is InChI=1S/C66H61N3O/c1-48-8-28-56(29-9-48)67(57-30-10-49(2)11-31-57)60-36-20-52(21-37-60)16-18-54-24-40-62(41-25-54)69(64-44-46-65(47-45-64)70-66(5,6)7)63-42-26-55(27-43-63)19-17-53-22-38-61(39-23-53)68(58-32-12-50(3)13-33-58)59-34-14-51(4)15-35-59/h8-47H,1-7H3. The zero-order chi connectivity index (χ0) is 48.6. The Morgan fingerprint density at radius 1 is 0.257 bits per heavy atom. The Bertz CT molecular complexity index is 2880. The second kappa shape index (κ2) is 20.9. The molecule has 0 aliphatic rings. The van der Waals surface area contributed by atoms with Gasteiger partial charge in [-0.25, -0.2) is 0 Å². The van der Waals surface area contributed by atoms with Gasteiger partial charge in [0.05, 0.1) is 0 Å². The van der Waals surface area contributed by atoms with Gasteiger partial charge in [0.15, 0.2) is 0 Å². The number of nitrogens with zero attached hydrogens (tertiary/aromatic N) is 3. The van der Waals surface area contributed by atoms with Gasteiger partial charge in [-0.1, -0.05) is 144 Å². The smallest absolute Gasteiger partial charge is 0.120 e. The maximum absolute atomic E-state index is 6.20. The van der Waals surface area contributed by atoms with Crippen LogP contribution in [0.15, 0.2) is 218 Å². The van der Waals surface area contributed by atoms with Crippen molar-refractivity contribution in [2.24, 2.45) is 0 Å². The number of hydrogen-bond donors (Lipinski definition) is 0. The van der Waals surface area contributed by atoms with Gasteiger partial charge in [-0.2, -0.15) is 0 Å². The third-order valence-electron chi connectivity index (χ3n) is 12.2. The summed E-state index contributed by atoms with van der Waals surface area (Å²) in [5.74, 6) is 0.842. The SMILES string of the molecule is Cc1ccc(N(c2ccc(C)cc2)c2ccc(C=Cc3ccc(N(c4ccc(C=Cc5ccc(N(c6ccc(C)cc6)c6ccc(C)cc6)cc5)cc4)c4ccc(OC(C)(C)C)cc4)cc3)cc2)cc1. The van der Waals surface area contributed by atoms with Gasteiger partial charge in [0.25, 0.3) is 0 Å². The zero-order valence-electron chi connectivity index (χ0n) is 41.3. The van der Waals surface area contributed by atoms with Gasteiger partial charge in [0.1, 0.15) is 11.4 Å². The maximum Gasteiger partial charge on any atom is 0.120 e. The predicted octanol–water partition coefficient (Wildman–Crippen LogP) is 18.8. The van der Waals surface area contributed by atoms with Crippen LogP contribution >= 0.6 is 0 Å². The van der Waals surface area contributed by atoms with Gasteiger partial charge in [0.2, 0.25) is 0 Å². The first-order valence-electron chi connectivity index (χ1n) is 24.1. The van der Waals surface area contributed by atoms with E-state index >= 15 is 0 Å². The molecule has 0 saturated carbocycles. The highest BCUT2D eigenvalue weighted by Gasteiger charge is 2.17. The third-order valence-corrected chi connectivity index (χ3v) is 12.2. The Hall–Kier alpha value is -8.34. The molecule has 346 valence electrons. The van der Waals surface area contributed by atoms with Crippen molar-refractivity contribution in [1.82, 2.24) is 0 Å². The molecule has 0 heterocycles. The van der Waals surface area contributed by atoms with E-state index in [1.165, 1.54) is 22.3 Å². The van der Waals surface area contributed by atoms with Crippen LogP contribution < -0.4 is 19.4 Å². The Labute approximate surface area is 415 Å². The molecule has 4 heteroatoms. The third kappa shape index (κ3) is 11.7. The summed E-state index contributed by atoms with van der Waals surface area (Å²) in [5, 5.41) is 0. The highest BCUT2D eigenvalue weighted by Crippen LogP contribution is 2.39. The van der Waals surface area contributed by atoms with Gasteiger partial charge in [-0.15, -0.1) is 0 Å². The number of benzene rings is 9. The Morgan fingerprint density at radius 3 is 0.614 bits per heavy atom. The molecule has 9 aromatic carbocycles. The van der Waals surface area contributed by atoms with Gasteiger partial charge >= 0.3 is 0 Å². The van der Waals surface area contributed by atoms with Gasteiger partial charge < -0.3 is 19.4 Å². The van der Waals surface area contributed by atoms with E-state index in [2.05, 4.69) is 306 Å². The highest BCUT2D eigenvalue weighted by atomic mass is 16.5. The summed E-state index contributed by atoms with van der Waals surface area (Å²) < 4.78 is 6.20. The van der Waals surface area contributed by atoms with Crippen molar-refractivity contribution in [3.63, 3.8) is 0 Å². The van der Waals surface area contributed by atoms with Crippen molar-refractivity contribution >= 4 is 75.5 Å². The van der Waals surface area contributed by atoms with Crippen LogP contribution in [0, 0.1) is 27.7 Å². The summed E-state index contributed by atoms with van der Waals surface area (Å²) in [4.78, 5) is 6.90. The fourth-order valence-electron chi connectivity index (χ4n) is 8.46. The van der Waals surface area contributed by atoms with E-state index in [4.69, 9.17) is 4.74 Å². The minimum Gasteiger partial charge on any atom is -0.488 e. The molecule has 0 atom stereocenters. The maximum atomic E-state index is 6.20. The van der Waals surface area contributed by atoms with Crippen LogP contribution in [-0.4, -0.2) is 5.60 Å². The Kier molecular flexibility index (Phi) is 14.0. The van der Waals surface area contributed by atoms with Crippen LogP contribution in [0.4, 0.5) is 51.2 Å². The molecule has 0 aliphatic carbocycles. The largest absolute Gasteiger partial charge is 0.488 e. The normalized spacial score (nSPS) is 11.5. The highest BCUT2D eigenvalue weighted by molar-refractivity contribution is 5.82. The van der Waals surface area contributed by atoms with Crippen LogP contribution in [0.1, 0.15) is 65.3 Å². The van der Waals surface area contributed by atoms with E-state index in [9.17, 15) is 0 Å². The van der Waals surface area contributed by atoms with Crippen LogP contribution in [-0.2, 0) is 0 Å². The van der Waals surface area contributed by atoms with Crippen molar-refractivity contribution in [3.05, 3.63) is 263 Å². The molecular formula is C66H61N3O. The van der Waals surface area contributed by atoms with Crippen molar-refractivity contribution in [2.75, 3.05) is 14.7 Å². The van der Waals surface area contributed by atoms with E-state index in [0.29, 0.717) is 0 Å². The second-order valence-electron chi connectivity index (χ2n) is 19.1. The minimum atomic E-state index is -0.287. The summed E-state index contributed by atoms with van der Waals surface area (Å²) in [5.41, 5.74) is 19.1. The van der Waals surface area contributed by atoms with E-state index in [1.54, 1.807) is 0 Å². The second-order valence-corrected chi connectivity index (χ2v) is 19.1. The summed E-state index contributed by atoms with van der Waals surface area (Å²) in [7, 11) is 0. The van der Waals surface area contributed by atoms with Gasteiger partial charge in [-0.05, 0) is 192 Å². The molecule has 0 bridgehead atoms. The molecule has 0 fully saturated rings. The van der Waals surface area contributed by atoms with E-state index < -0.39 is 0 Å². The van der Waals surface area contributed by atoms with Crippen molar-refractivity contribution < 1.29 is 4.74 Å². The Balaban J connectivity index is 0.930. The number of rotatable bonds is 14. The summed E-state index contributed by atoms with van der Waals surface area (Å²) in [6.45, 7) is 14.7. The van der Waals surface area contributed by atoms with Gasteiger partial charge in [-0.3, -0.25) is 0 Å². The molecule has 0 aliphatic heterocycles. The number of anilines is 9. The minimum absolute atomic E-state index is 0.287. The lowest BCUT2D eigenvalue weighted by Gasteiger charge is -2.27. The van der Waals surface area contributed by atoms with Crippen LogP contribution in [0.3, 0.4) is 0 Å². The molecule has 0 aromatic heterocycles. The molecule has 70 heavy (non-hydrogen) atoms. The lowest BCUT2D eigenvalue weighted by Crippen LogP contribution is -2.22. The van der Waals surface area contributed by atoms with Crippen molar-refractivity contribution in [2.45, 2.75) is 54.1 Å². The van der Waals surface area contributed by atoms with E-state index in [1.807, 2.05) is 0 Å². The molecule has 9 rings (SSSR count). The lowest BCUT2D eigenvalue weighted by molar-refractivity contribution is 0.131. The molecule has 0 saturated heterocycles. The first kappa shape index (κ1) is 46.8. The van der Waals surface area contributed by atoms with E-state index in [0.717, 1.165) is 79.2 Å². The molecule has 0 amide bonds. The molecule has 0 unspecified atom stereocenters. The molecule has 0 radical (unpaired) electrons. The fourth-order valence-corrected chi connectivity index (χ4v) is 8.46. The number of hydrogen-bond acceptors (Lipinski definition) is 4. The van der Waals surface area contributed by atoms with E-state index in [-0.39, 0.29) is 5.60 Å². The predicted molar refractivity (Wildman–Crippen MR) is 301 cm³/mol. The molecule has 0 spiro atoms. The molecule has 9 aromatic rings. The average molecular weight is 912 g/mol. The van der Waals surface area contributed by atoms with Crippen LogP contribution in [0.5, 0.6) is 5.75 Å². The molecule has 4 nitrogen and oxygen atoms in total. The number of ether oxygens (including phenoxy) is 1. The average Bonchev–Trinajstić information content (AvgIpc) is 3.37. The topological polar surface area (TPSA) is 19.0 Å². The van der Waals surface area contributed by atoms with Crippen LogP contribution in [0.25, 0.3) is 24.3 Å². The summed E-state index contributed by atoms with van der Waals surface area (Å²) in [6.07, 6.45) is 8.72. The van der Waals surface area contributed by atoms with Crippen molar-refractivity contribution in [3.8, 4) is 5.75 Å². The summed E-state index contributed by atoms with van der Waals surface area (Å²) >= 11 is 0. The Morgan fingerprint density at radius 2 is 0.429 bits per heavy atom. The van der Waals surface area contributed by atoms with Gasteiger partial charge in [0, 0.05) is 51.2 Å². The summed E-state index contributed by atoms with van der Waals surface area (Å²) in [6, 6.07) is 78.3. The molecular weight excluding hydrogens is 851 g/mol. The quantitative estimate of drug-likeness (QED) is 0.101. The monoisotopic (exact) mass is 911 g/mol. The van der Waals surface area contributed by atoms with Crippen LogP contribution in [0.2, 0.25) is 0 Å². The van der Waals surface area contributed by atoms with Crippen molar-refractivity contribution in [1.29, 1.82) is 0 Å². The zero-order valence-corrected chi connectivity index (χ0v) is 41.3.